The smallest absolute Gasteiger partial charge is 0.228 e. The van der Waals surface area contributed by atoms with Gasteiger partial charge in [-0.25, -0.2) is 0 Å². The van der Waals surface area contributed by atoms with Crippen LogP contribution in [0.1, 0.15) is 6.42 Å². The SMILES string of the molecule is Cl.O=C(Nc1ccc(Cl)cc1)C1CCNC1. The summed E-state index contributed by atoms with van der Waals surface area (Å²) in [4.78, 5) is 11.7. The third-order valence-corrected chi connectivity index (χ3v) is 2.79. The summed E-state index contributed by atoms with van der Waals surface area (Å²) in [5.74, 6) is 0.183. The number of carbonyl (C=O) groups excluding carboxylic acids is 1. The molecule has 0 aromatic heterocycles. The molecular weight excluding hydrogens is 247 g/mol. The van der Waals surface area contributed by atoms with Crippen molar-refractivity contribution < 1.29 is 4.79 Å². The van der Waals surface area contributed by atoms with Gasteiger partial charge in [-0.2, -0.15) is 0 Å². The van der Waals surface area contributed by atoms with Crippen molar-refractivity contribution in [3.05, 3.63) is 29.3 Å². The number of benzene rings is 1. The van der Waals surface area contributed by atoms with Gasteiger partial charge in [-0.3, -0.25) is 4.79 Å². The van der Waals surface area contributed by atoms with Crippen molar-refractivity contribution in [2.24, 2.45) is 5.92 Å². The summed E-state index contributed by atoms with van der Waals surface area (Å²) in [5.41, 5.74) is 0.802. The van der Waals surface area contributed by atoms with Crippen LogP contribution >= 0.6 is 24.0 Å². The van der Waals surface area contributed by atoms with E-state index >= 15 is 0 Å². The number of rotatable bonds is 2. The fourth-order valence-electron chi connectivity index (χ4n) is 1.66. The molecule has 16 heavy (non-hydrogen) atoms. The number of hydrogen-bond donors (Lipinski definition) is 2. The third-order valence-electron chi connectivity index (χ3n) is 2.54. The molecule has 1 fully saturated rings. The van der Waals surface area contributed by atoms with Crippen molar-refractivity contribution in [1.29, 1.82) is 0 Å². The molecule has 1 aliphatic heterocycles. The molecule has 5 heteroatoms. The van der Waals surface area contributed by atoms with Crippen LogP contribution < -0.4 is 10.6 Å². The van der Waals surface area contributed by atoms with Crippen LogP contribution in [0.3, 0.4) is 0 Å². The minimum Gasteiger partial charge on any atom is -0.326 e. The zero-order chi connectivity index (χ0) is 10.7. The molecule has 0 radical (unpaired) electrons. The Morgan fingerprint density at radius 3 is 2.62 bits per heavy atom. The van der Waals surface area contributed by atoms with Gasteiger partial charge in [-0.15, -0.1) is 12.4 Å². The van der Waals surface area contributed by atoms with E-state index in [4.69, 9.17) is 11.6 Å². The first kappa shape index (κ1) is 13.3. The van der Waals surface area contributed by atoms with Gasteiger partial charge in [0.05, 0.1) is 5.92 Å². The van der Waals surface area contributed by atoms with E-state index in [9.17, 15) is 4.79 Å². The Bertz CT molecular complexity index is 348. The quantitative estimate of drug-likeness (QED) is 0.857. The van der Waals surface area contributed by atoms with Crippen molar-refractivity contribution in [2.75, 3.05) is 18.4 Å². The zero-order valence-electron chi connectivity index (χ0n) is 8.70. The molecule has 2 N–H and O–H groups in total. The molecule has 1 aromatic rings. The van der Waals surface area contributed by atoms with Crippen LogP contribution in [0.2, 0.25) is 5.02 Å². The van der Waals surface area contributed by atoms with Gasteiger partial charge in [0.25, 0.3) is 0 Å². The molecule has 1 saturated heterocycles. The largest absolute Gasteiger partial charge is 0.326 e. The molecule has 88 valence electrons. The predicted molar refractivity (Wildman–Crippen MR) is 68.3 cm³/mol. The molecule has 0 spiro atoms. The van der Waals surface area contributed by atoms with Gasteiger partial charge in [0.1, 0.15) is 0 Å². The first-order chi connectivity index (χ1) is 7.25. The lowest BCUT2D eigenvalue weighted by Crippen LogP contribution is -2.24. The average molecular weight is 261 g/mol. The Morgan fingerprint density at radius 1 is 1.38 bits per heavy atom. The summed E-state index contributed by atoms with van der Waals surface area (Å²) in [6.07, 6.45) is 0.916. The van der Waals surface area contributed by atoms with Gasteiger partial charge in [-0.1, -0.05) is 11.6 Å². The molecule has 0 bridgehead atoms. The lowest BCUT2D eigenvalue weighted by molar-refractivity contribution is -0.119. The van der Waals surface area contributed by atoms with Crippen molar-refractivity contribution in [1.82, 2.24) is 5.32 Å². The van der Waals surface area contributed by atoms with Gasteiger partial charge in [-0.05, 0) is 37.2 Å². The van der Waals surface area contributed by atoms with E-state index in [-0.39, 0.29) is 24.2 Å². The first-order valence-corrected chi connectivity index (χ1v) is 5.40. The molecule has 1 aliphatic rings. The van der Waals surface area contributed by atoms with Crippen molar-refractivity contribution in [2.45, 2.75) is 6.42 Å². The van der Waals surface area contributed by atoms with E-state index in [1.54, 1.807) is 12.1 Å². The predicted octanol–water partition coefficient (Wildman–Crippen LogP) is 2.31. The Labute approximate surface area is 106 Å². The molecule has 1 unspecified atom stereocenters. The van der Waals surface area contributed by atoms with Crippen LogP contribution in [0, 0.1) is 5.92 Å². The molecule has 1 aromatic carbocycles. The number of carbonyl (C=O) groups is 1. The summed E-state index contributed by atoms with van der Waals surface area (Å²) < 4.78 is 0. The fraction of sp³-hybridized carbons (Fsp3) is 0.364. The van der Waals surface area contributed by atoms with Gasteiger partial charge >= 0.3 is 0 Å². The normalized spacial score (nSPS) is 18.9. The molecule has 0 aliphatic carbocycles. The van der Waals surface area contributed by atoms with Crippen LogP contribution in [0.25, 0.3) is 0 Å². The van der Waals surface area contributed by atoms with E-state index in [1.165, 1.54) is 0 Å². The Hall–Kier alpha value is -0.770. The van der Waals surface area contributed by atoms with E-state index < -0.39 is 0 Å². The second-order valence-electron chi connectivity index (χ2n) is 3.69. The molecule has 1 heterocycles. The highest BCUT2D eigenvalue weighted by Gasteiger charge is 2.22. The van der Waals surface area contributed by atoms with Crippen molar-refractivity contribution in [3.63, 3.8) is 0 Å². The highest BCUT2D eigenvalue weighted by Crippen LogP contribution is 2.15. The number of amides is 1. The topological polar surface area (TPSA) is 41.1 Å². The maximum Gasteiger partial charge on any atom is 0.228 e. The molecule has 3 nitrogen and oxygen atoms in total. The highest BCUT2D eigenvalue weighted by atomic mass is 35.5. The van der Waals surface area contributed by atoms with Gasteiger partial charge in [0, 0.05) is 17.3 Å². The fourth-order valence-corrected chi connectivity index (χ4v) is 1.78. The second kappa shape index (κ2) is 6.09. The van der Waals surface area contributed by atoms with E-state index in [0.717, 1.165) is 25.2 Å². The van der Waals surface area contributed by atoms with E-state index in [0.29, 0.717) is 5.02 Å². The van der Waals surface area contributed by atoms with Gasteiger partial charge in [0.15, 0.2) is 0 Å². The van der Waals surface area contributed by atoms with Crippen LogP contribution in [-0.2, 0) is 4.79 Å². The number of halogens is 2. The Kier molecular flexibility index (Phi) is 5.06. The maximum absolute atomic E-state index is 11.7. The van der Waals surface area contributed by atoms with Crippen LogP contribution in [0.4, 0.5) is 5.69 Å². The standard InChI is InChI=1S/C11H13ClN2O.ClH/c12-9-1-3-10(4-2-9)14-11(15)8-5-6-13-7-8;/h1-4,8,13H,5-7H2,(H,14,15);1H. The molecule has 1 amide bonds. The summed E-state index contributed by atoms with van der Waals surface area (Å²) >= 11 is 5.75. The number of hydrogen-bond acceptors (Lipinski definition) is 2. The highest BCUT2D eigenvalue weighted by molar-refractivity contribution is 6.30. The molecule has 1 atom stereocenters. The Morgan fingerprint density at radius 2 is 2.06 bits per heavy atom. The van der Waals surface area contributed by atoms with E-state index in [1.807, 2.05) is 12.1 Å². The lowest BCUT2D eigenvalue weighted by Gasteiger charge is -2.09. The van der Waals surface area contributed by atoms with Crippen molar-refractivity contribution >= 4 is 35.6 Å². The average Bonchev–Trinajstić information content (AvgIpc) is 2.74. The van der Waals surface area contributed by atoms with Crippen LogP contribution in [-0.4, -0.2) is 19.0 Å². The third kappa shape index (κ3) is 3.37. The monoisotopic (exact) mass is 260 g/mol. The number of nitrogens with one attached hydrogen (secondary N) is 2. The Balaban J connectivity index is 0.00000128. The van der Waals surface area contributed by atoms with E-state index in [2.05, 4.69) is 10.6 Å². The molecular formula is C11H14Cl2N2O. The van der Waals surface area contributed by atoms with Crippen molar-refractivity contribution in [3.8, 4) is 0 Å². The lowest BCUT2D eigenvalue weighted by atomic mass is 10.1. The minimum absolute atomic E-state index is 0. The van der Waals surface area contributed by atoms with Crippen LogP contribution in [0.5, 0.6) is 0 Å². The summed E-state index contributed by atoms with van der Waals surface area (Å²) in [5, 5.41) is 6.72. The molecule has 0 saturated carbocycles. The minimum atomic E-state index is 0. The van der Waals surface area contributed by atoms with Gasteiger partial charge < -0.3 is 10.6 Å². The summed E-state index contributed by atoms with van der Waals surface area (Å²) in [7, 11) is 0. The maximum atomic E-state index is 11.7. The first-order valence-electron chi connectivity index (χ1n) is 5.03. The summed E-state index contributed by atoms with van der Waals surface area (Å²) in [6, 6.07) is 7.15. The van der Waals surface area contributed by atoms with Crippen LogP contribution in [0.15, 0.2) is 24.3 Å². The van der Waals surface area contributed by atoms with Gasteiger partial charge in [0.2, 0.25) is 5.91 Å². The number of anilines is 1. The summed E-state index contributed by atoms with van der Waals surface area (Å²) in [6.45, 7) is 1.71. The second-order valence-corrected chi connectivity index (χ2v) is 4.12. The molecule has 2 rings (SSSR count). The zero-order valence-corrected chi connectivity index (χ0v) is 10.3.